The average Bonchev–Trinajstić information content (AvgIpc) is 3.39. The number of hydrogen-bond acceptors (Lipinski definition) is 4. The molecule has 2 heterocycles. The van der Waals surface area contributed by atoms with Crippen LogP contribution in [-0.4, -0.2) is 23.1 Å². The van der Waals surface area contributed by atoms with Crippen molar-refractivity contribution in [3.05, 3.63) is 47.2 Å². The fourth-order valence-corrected chi connectivity index (χ4v) is 3.13. The summed E-state index contributed by atoms with van der Waals surface area (Å²) in [5.74, 6) is 2.50. The maximum atomic E-state index is 4.73. The molecule has 1 aromatic carbocycles. The van der Waals surface area contributed by atoms with Crippen molar-refractivity contribution < 1.29 is 0 Å². The first-order chi connectivity index (χ1) is 10.8. The van der Waals surface area contributed by atoms with E-state index in [1.54, 1.807) is 0 Å². The van der Waals surface area contributed by atoms with Crippen LogP contribution in [0.5, 0.6) is 0 Å². The maximum absolute atomic E-state index is 4.73. The lowest BCUT2D eigenvalue weighted by Gasteiger charge is -2.30. The van der Waals surface area contributed by atoms with Gasteiger partial charge in [-0.3, -0.25) is 0 Å². The quantitative estimate of drug-likeness (QED) is 0.939. The van der Waals surface area contributed by atoms with Crippen LogP contribution in [0.2, 0.25) is 0 Å². The summed E-state index contributed by atoms with van der Waals surface area (Å²) in [7, 11) is 0. The smallest absolute Gasteiger partial charge is 0.224 e. The third kappa shape index (κ3) is 2.65. The van der Waals surface area contributed by atoms with Crippen molar-refractivity contribution in [1.82, 2.24) is 9.97 Å². The lowest BCUT2D eigenvalue weighted by Crippen LogP contribution is -2.31. The number of nitrogens with zero attached hydrogens (tertiary/aromatic N) is 3. The van der Waals surface area contributed by atoms with Crippen LogP contribution in [0.4, 0.5) is 11.8 Å². The molecule has 4 nitrogen and oxygen atoms in total. The monoisotopic (exact) mass is 294 g/mol. The second kappa shape index (κ2) is 5.59. The third-order valence-corrected chi connectivity index (χ3v) is 4.52. The molecule has 2 aromatic rings. The van der Waals surface area contributed by atoms with Crippen LogP contribution in [0.25, 0.3) is 0 Å². The van der Waals surface area contributed by atoms with Crippen LogP contribution >= 0.6 is 0 Å². The van der Waals surface area contributed by atoms with Gasteiger partial charge in [0.15, 0.2) is 0 Å². The Balaban J connectivity index is 1.64. The van der Waals surface area contributed by atoms with Gasteiger partial charge in [-0.05, 0) is 37.3 Å². The summed E-state index contributed by atoms with van der Waals surface area (Å²) >= 11 is 0. The second-order valence-electron chi connectivity index (χ2n) is 6.22. The van der Waals surface area contributed by atoms with E-state index in [1.165, 1.54) is 29.7 Å². The van der Waals surface area contributed by atoms with Crippen molar-refractivity contribution in [3.8, 4) is 0 Å². The molecule has 1 aromatic heterocycles. The van der Waals surface area contributed by atoms with E-state index in [1.807, 2.05) is 0 Å². The van der Waals surface area contributed by atoms with Crippen LogP contribution in [0.3, 0.4) is 0 Å². The summed E-state index contributed by atoms with van der Waals surface area (Å²) in [6.45, 7) is 4.92. The molecule has 0 unspecified atom stereocenters. The first-order valence-electron chi connectivity index (χ1n) is 8.28. The number of rotatable bonds is 4. The largest absolute Gasteiger partial charge is 0.354 e. The molecular weight excluding hydrogens is 272 g/mol. The standard InChI is InChI=1S/C18H22N4/c1-2-19-18-20-16(14-7-8-14)11-17(21-18)22-10-9-13-5-3-4-6-15(13)12-22/h3-6,11,14H,2,7-10,12H2,1H3,(H,19,20,21). The van der Waals surface area contributed by atoms with Crippen LogP contribution in [-0.2, 0) is 13.0 Å². The zero-order valence-electron chi connectivity index (χ0n) is 13.0. The Morgan fingerprint density at radius 1 is 1.18 bits per heavy atom. The molecule has 0 spiro atoms. The minimum absolute atomic E-state index is 0.649. The van der Waals surface area contributed by atoms with Gasteiger partial charge in [0.2, 0.25) is 5.95 Å². The van der Waals surface area contributed by atoms with E-state index in [-0.39, 0.29) is 0 Å². The lowest BCUT2D eigenvalue weighted by molar-refractivity contribution is 0.717. The average molecular weight is 294 g/mol. The van der Waals surface area contributed by atoms with Gasteiger partial charge in [0.25, 0.3) is 0 Å². The zero-order valence-corrected chi connectivity index (χ0v) is 13.0. The van der Waals surface area contributed by atoms with Gasteiger partial charge in [-0.1, -0.05) is 24.3 Å². The minimum Gasteiger partial charge on any atom is -0.354 e. The molecule has 1 N–H and O–H groups in total. The Kier molecular flexibility index (Phi) is 3.45. The number of hydrogen-bond donors (Lipinski definition) is 1. The summed E-state index contributed by atoms with van der Waals surface area (Å²) < 4.78 is 0. The highest BCUT2D eigenvalue weighted by Crippen LogP contribution is 2.40. The van der Waals surface area contributed by atoms with Crippen molar-refractivity contribution in [2.75, 3.05) is 23.3 Å². The van der Waals surface area contributed by atoms with Gasteiger partial charge in [-0.2, -0.15) is 4.98 Å². The first-order valence-corrected chi connectivity index (χ1v) is 8.28. The van der Waals surface area contributed by atoms with Crippen LogP contribution in [0, 0.1) is 0 Å². The molecular formula is C18H22N4. The molecule has 0 bridgehead atoms. The molecule has 0 radical (unpaired) electrons. The van der Waals surface area contributed by atoms with Gasteiger partial charge < -0.3 is 10.2 Å². The Labute approximate surface area is 131 Å². The van der Waals surface area contributed by atoms with E-state index in [9.17, 15) is 0 Å². The molecule has 1 saturated carbocycles. The van der Waals surface area contributed by atoms with Gasteiger partial charge in [-0.15, -0.1) is 0 Å². The Hall–Kier alpha value is -2.10. The zero-order chi connectivity index (χ0) is 14.9. The summed E-state index contributed by atoms with van der Waals surface area (Å²) in [5.41, 5.74) is 4.10. The molecule has 1 fully saturated rings. The van der Waals surface area contributed by atoms with Crippen molar-refractivity contribution >= 4 is 11.8 Å². The van der Waals surface area contributed by atoms with Crippen molar-refractivity contribution in [3.63, 3.8) is 0 Å². The number of anilines is 2. The van der Waals surface area contributed by atoms with Gasteiger partial charge in [-0.25, -0.2) is 4.98 Å². The topological polar surface area (TPSA) is 41.1 Å². The summed E-state index contributed by atoms with van der Waals surface area (Å²) in [4.78, 5) is 11.8. The normalized spacial score (nSPS) is 17.2. The van der Waals surface area contributed by atoms with Gasteiger partial charge in [0, 0.05) is 31.6 Å². The van der Waals surface area contributed by atoms with E-state index < -0.39 is 0 Å². The van der Waals surface area contributed by atoms with Crippen molar-refractivity contribution in [2.24, 2.45) is 0 Å². The Bertz CT molecular complexity index is 679. The molecule has 4 heteroatoms. The van der Waals surface area contributed by atoms with Gasteiger partial charge in [0.1, 0.15) is 5.82 Å². The number of fused-ring (bicyclic) bond motifs is 1. The molecule has 0 saturated heterocycles. The number of benzene rings is 1. The van der Waals surface area contributed by atoms with Crippen LogP contribution < -0.4 is 10.2 Å². The number of aromatic nitrogens is 2. The van der Waals surface area contributed by atoms with E-state index in [0.717, 1.165) is 37.8 Å². The molecule has 0 atom stereocenters. The molecule has 22 heavy (non-hydrogen) atoms. The first kappa shape index (κ1) is 13.6. The lowest BCUT2D eigenvalue weighted by atomic mass is 10.00. The van der Waals surface area contributed by atoms with E-state index >= 15 is 0 Å². The highest BCUT2D eigenvalue weighted by atomic mass is 15.2. The summed E-state index contributed by atoms with van der Waals surface area (Å²) in [6.07, 6.45) is 3.63. The third-order valence-electron chi connectivity index (χ3n) is 4.52. The maximum Gasteiger partial charge on any atom is 0.224 e. The highest BCUT2D eigenvalue weighted by Gasteiger charge is 2.27. The molecule has 1 aliphatic heterocycles. The predicted octanol–water partition coefficient (Wildman–Crippen LogP) is 3.35. The Morgan fingerprint density at radius 2 is 2.00 bits per heavy atom. The van der Waals surface area contributed by atoms with E-state index in [4.69, 9.17) is 4.98 Å². The molecule has 2 aliphatic rings. The van der Waals surface area contributed by atoms with Gasteiger partial charge in [0.05, 0.1) is 5.69 Å². The Morgan fingerprint density at radius 3 is 2.77 bits per heavy atom. The fraction of sp³-hybridized carbons (Fsp3) is 0.444. The predicted molar refractivity (Wildman–Crippen MR) is 89.4 cm³/mol. The molecule has 0 amide bonds. The molecule has 1 aliphatic carbocycles. The summed E-state index contributed by atoms with van der Waals surface area (Å²) in [5, 5.41) is 3.28. The number of nitrogens with one attached hydrogen (secondary N) is 1. The van der Waals surface area contributed by atoms with Crippen LogP contribution in [0.15, 0.2) is 30.3 Å². The minimum atomic E-state index is 0.649. The van der Waals surface area contributed by atoms with Crippen LogP contribution in [0.1, 0.15) is 42.5 Å². The van der Waals surface area contributed by atoms with Crippen molar-refractivity contribution in [2.45, 2.75) is 38.6 Å². The fourth-order valence-electron chi connectivity index (χ4n) is 3.13. The van der Waals surface area contributed by atoms with E-state index in [0.29, 0.717) is 5.92 Å². The molecule has 114 valence electrons. The van der Waals surface area contributed by atoms with Crippen molar-refractivity contribution in [1.29, 1.82) is 0 Å². The SMILES string of the molecule is CCNc1nc(C2CC2)cc(N2CCc3ccccc3C2)n1. The van der Waals surface area contributed by atoms with E-state index in [2.05, 4.69) is 52.5 Å². The summed E-state index contributed by atoms with van der Waals surface area (Å²) in [6, 6.07) is 10.9. The highest BCUT2D eigenvalue weighted by molar-refractivity contribution is 5.49. The van der Waals surface area contributed by atoms with Gasteiger partial charge >= 0.3 is 0 Å². The second-order valence-corrected chi connectivity index (χ2v) is 6.22. The molecule has 4 rings (SSSR count).